The molecule has 2 rings (SSSR count). The van der Waals surface area contributed by atoms with Crippen molar-refractivity contribution < 1.29 is 0 Å². The molecule has 4 N–H and O–H groups in total. The summed E-state index contributed by atoms with van der Waals surface area (Å²) in [4.78, 5) is 0. The van der Waals surface area contributed by atoms with Crippen molar-refractivity contribution >= 4 is 5.84 Å². The quantitative estimate of drug-likeness (QED) is 0.485. The Labute approximate surface area is 89.2 Å². The zero-order valence-corrected chi connectivity index (χ0v) is 8.95. The van der Waals surface area contributed by atoms with Crippen molar-refractivity contribution in [2.75, 3.05) is 13.1 Å². The summed E-state index contributed by atoms with van der Waals surface area (Å²) >= 11 is 0. The summed E-state index contributed by atoms with van der Waals surface area (Å²) < 4.78 is 1.97. The lowest BCUT2D eigenvalue weighted by Gasteiger charge is -2.22. The average Bonchev–Trinajstić information content (AvgIpc) is 2.62. The van der Waals surface area contributed by atoms with Gasteiger partial charge >= 0.3 is 0 Å². The molecule has 5 nitrogen and oxygen atoms in total. The lowest BCUT2D eigenvalue weighted by molar-refractivity contribution is 0.342. The monoisotopic (exact) mass is 207 g/mol. The van der Waals surface area contributed by atoms with Crippen molar-refractivity contribution in [3.63, 3.8) is 0 Å². The minimum Gasteiger partial charge on any atom is -0.384 e. The second-order valence-electron chi connectivity index (χ2n) is 4.00. The number of nitrogens with zero attached hydrogens (tertiary/aromatic N) is 2. The summed E-state index contributed by atoms with van der Waals surface area (Å²) in [6.45, 7) is 3.98. The van der Waals surface area contributed by atoms with Gasteiger partial charge in [-0.15, -0.1) is 0 Å². The Hall–Kier alpha value is -1.36. The zero-order chi connectivity index (χ0) is 10.8. The second kappa shape index (κ2) is 4.02. The number of hydrogen-bond donors (Lipinski definition) is 3. The molecule has 0 atom stereocenters. The standard InChI is InChI=1S/C10H17N5/c1-7-9(10(11)12)6-15(14-7)8-2-4-13-5-3-8/h6,8,13H,2-5H2,1H3,(H3,11,12). The number of rotatable bonds is 2. The van der Waals surface area contributed by atoms with E-state index >= 15 is 0 Å². The van der Waals surface area contributed by atoms with Crippen LogP contribution >= 0.6 is 0 Å². The normalized spacial score (nSPS) is 17.9. The molecule has 0 spiro atoms. The molecule has 0 bridgehead atoms. The molecular weight excluding hydrogens is 190 g/mol. The first-order valence-corrected chi connectivity index (χ1v) is 5.29. The van der Waals surface area contributed by atoms with Crippen molar-refractivity contribution in [3.05, 3.63) is 17.5 Å². The summed E-state index contributed by atoms with van der Waals surface area (Å²) in [6, 6.07) is 0.457. The van der Waals surface area contributed by atoms with Gasteiger partial charge in [-0.2, -0.15) is 5.10 Å². The van der Waals surface area contributed by atoms with Crippen LogP contribution in [0.1, 0.15) is 30.1 Å². The fourth-order valence-corrected chi connectivity index (χ4v) is 2.00. The third kappa shape index (κ3) is 2.02. The maximum Gasteiger partial charge on any atom is 0.126 e. The maximum atomic E-state index is 7.42. The Balaban J connectivity index is 2.21. The predicted octanol–water partition coefficient (Wildman–Crippen LogP) is 0.400. The molecule has 82 valence electrons. The van der Waals surface area contributed by atoms with Crippen LogP contribution in [0.15, 0.2) is 6.20 Å². The average molecular weight is 207 g/mol. The summed E-state index contributed by atoms with van der Waals surface area (Å²) in [6.07, 6.45) is 4.09. The molecular formula is C10H17N5. The summed E-state index contributed by atoms with van der Waals surface area (Å²) in [5.41, 5.74) is 7.08. The van der Waals surface area contributed by atoms with E-state index in [1.54, 1.807) is 0 Å². The number of aromatic nitrogens is 2. The number of nitrogens with one attached hydrogen (secondary N) is 2. The van der Waals surface area contributed by atoms with Crippen LogP contribution in [0.4, 0.5) is 0 Å². The fraction of sp³-hybridized carbons (Fsp3) is 0.600. The maximum absolute atomic E-state index is 7.42. The Morgan fingerprint density at radius 1 is 1.60 bits per heavy atom. The van der Waals surface area contributed by atoms with Crippen molar-refractivity contribution in [2.24, 2.45) is 5.73 Å². The first-order valence-electron chi connectivity index (χ1n) is 5.29. The van der Waals surface area contributed by atoms with Gasteiger partial charge in [-0.25, -0.2) is 0 Å². The smallest absolute Gasteiger partial charge is 0.126 e. The number of aryl methyl sites for hydroxylation is 1. The van der Waals surface area contributed by atoms with E-state index in [4.69, 9.17) is 11.1 Å². The molecule has 1 aromatic rings. The highest BCUT2D eigenvalue weighted by molar-refractivity contribution is 5.95. The molecule has 15 heavy (non-hydrogen) atoms. The highest BCUT2D eigenvalue weighted by Crippen LogP contribution is 2.19. The minimum absolute atomic E-state index is 0.104. The first kappa shape index (κ1) is 10.2. The minimum atomic E-state index is 0.104. The van der Waals surface area contributed by atoms with E-state index < -0.39 is 0 Å². The van der Waals surface area contributed by atoms with E-state index in [1.807, 2.05) is 17.8 Å². The molecule has 0 aliphatic carbocycles. The molecule has 0 aromatic carbocycles. The Bertz CT molecular complexity index is 362. The fourth-order valence-electron chi connectivity index (χ4n) is 2.00. The van der Waals surface area contributed by atoms with E-state index in [-0.39, 0.29) is 5.84 Å². The highest BCUT2D eigenvalue weighted by atomic mass is 15.3. The molecule has 0 unspecified atom stereocenters. The number of hydrogen-bond acceptors (Lipinski definition) is 3. The number of piperidine rings is 1. The van der Waals surface area contributed by atoms with Gasteiger partial charge in [0.25, 0.3) is 0 Å². The summed E-state index contributed by atoms with van der Waals surface area (Å²) in [5.74, 6) is 0.104. The van der Waals surface area contributed by atoms with Crippen LogP contribution in [0.3, 0.4) is 0 Å². The van der Waals surface area contributed by atoms with Crippen molar-refractivity contribution in [1.82, 2.24) is 15.1 Å². The van der Waals surface area contributed by atoms with Gasteiger partial charge in [0.05, 0.1) is 17.3 Å². The van der Waals surface area contributed by atoms with Crippen molar-refractivity contribution in [2.45, 2.75) is 25.8 Å². The van der Waals surface area contributed by atoms with Crippen molar-refractivity contribution in [3.8, 4) is 0 Å². The van der Waals surface area contributed by atoms with Gasteiger partial charge in [0.1, 0.15) is 5.84 Å². The summed E-state index contributed by atoms with van der Waals surface area (Å²) in [7, 11) is 0. The molecule has 5 heteroatoms. The van der Waals surface area contributed by atoms with E-state index in [2.05, 4.69) is 10.4 Å². The molecule has 2 heterocycles. The van der Waals surface area contributed by atoms with E-state index in [1.165, 1.54) is 0 Å². The number of nitrogens with two attached hydrogens (primary N) is 1. The van der Waals surface area contributed by atoms with Gasteiger partial charge in [0.15, 0.2) is 0 Å². The Kier molecular flexibility index (Phi) is 2.73. The lowest BCUT2D eigenvalue weighted by atomic mass is 10.1. The molecule has 1 saturated heterocycles. The van der Waals surface area contributed by atoms with Gasteiger partial charge in [0.2, 0.25) is 0 Å². The molecule has 0 saturated carbocycles. The third-order valence-corrected chi connectivity index (χ3v) is 2.89. The predicted molar refractivity (Wildman–Crippen MR) is 59.1 cm³/mol. The van der Waals surface area contributed by atoms with Crippen LogP contribution < -0.4 is 11.1 Å². The van der Waals surface area contributed by atoms with E-state index in [0.717, 1.165) is 37.2 Å². The van der Waals surface area contributed by atoms with Gasteiger partial charge < -0.3 is 11.1 Å². The SMILES string of the molecule is Cc1nn(C2CCNCC2)cc1C(=N)N. The summed E-state index contributed by atoms with van der Waals surface area (Å²) in [5, 5.41) is 15.2. The third-order valence-electron chi connectivity index (χ3n) is 2.89. The van der Waals surface area contributed by atoms with Gasteiger partial charge in [-0.3, -0.25) is 10.1 Å². The molecule has 1 fully saturated rings. The molecule has 0 radical (unpaired) electrons. The van der Waals surface area contributed by atoms with E-state index in [0.29, 0.717) is 6.04 Å². The Morgan fingerprint density at radius 2 is 2.27 bits per heavy atom. The van der Waals surface area contributed by atoms with Gasteiger partial charge in [0, 0.05) is 6.20 Å². The second-order valence-corrected chi connectivity index (χ2v) is 4.00. The Morgan fingerprint density at radius 3 is 2.80 bits per heavy atom. The van der Waals surface area contributed by atoms with Crippen LogP contribution in [0.5, 0.6) is 0 Å². The molecule has 0 amide bonds. The number of amidine groups is 1. The number of nitrogen functional groups attached to an aromatic ring is 1. The highest BCUT2D eigenvalue weighted by Gasteiger charge is 2.17. The largest absolute Gasteiger partial charge is 0.384 e. The van der Waals surface area contributed by atoms with Crippen LogP contribution in [-0.2, 0) is 0 Å². The van der Waals surface area contributed by atoms with Gasteiger partial charge in [-0.05, 0) is 32.9 Å². The van der Waals surface area contributed by atoms with Crippen LogP contribution in [0.25, 0.3) is 0 Å². The van der Waals surface area contributed by atoms with Crippen LogP contribution in [-0.4, -0.2) is 28.7 Å². The zero-order valence-electron chi connectivity index (χ0n) is 8.95. The van der Waals surface area contributed by atoms with Crippen LogP contribution in [0, 0.1) is 12.3 Å². The molecule has 1 aromatic heterocycles. The van der Waals surface area contributed by atoms with Gasteiger partial charge in [-0.1, -0.05) is 0 Å². The topological polar surface area (TPSA) is 79.7 Å². The first-order chi connectivity index (χ1) is 7.18. The molecule has 1 aliphatic rings. The van der Waals surface area contributed by atoms with Crippen LogP contribution in [0.2, 0.25) is 0 Å². The van der Waals surface area contributed by atoms with Crippen molar-refractivity contribution in [1.29, 1.82) is 5.41 Å². The lowest BCUT2D eigenvalue weighted by Crippen LogP contribution is -2.29. The molecule has 1 aliphatic heterocycles. The van der Waals surface area contributed by atoms with E-state index in [9.17, 15) is 0 Å².